The quantitative estimate of drug-likeness (QED) is 0.848. The van der Waals surface area contributed by atoms with E-state index in [0.717, 1.165) is 10.0 Å². The number of hydrogen-bond acceptors (Lipinski definition) is 3. The first-order chi connectivity index (χ1) is 9.88. The van der Waals surface area contributed by atoms with E-state index in [1.165, 1.54) is 24.3 Å². The predicted octanol–water partition coefficient (Wildman–Crippen LogP) is 2.63. The highest BCUT2D eigenvalue weighted by atomic mass is 79.9. The SMILES string of the molecule is O=C(O)c1ccc(S(=O)(=O)NCc2cccc(Br)c2)cc1. The van der Waals surface area contributed by atoms with Crippen molar-refractivity contribution < 1.29 is 18.3 Å². The van der Waals surface area contributed by atoms with E-state index in [0.29, 0.717) is 0 Å². The molecule has 0 unspecified atom stereocenters. The lowest BCUT2D eigenvalue weighted by atomic mass is 10.2. The van der Waals surface area contributed by atoms with Crippen LogP contribution in [0.4, 0.5) is 0 Å². The van der Waals surface area contributed by atoms with Crippen molar-refractivity contribution in [3.63, 3.8) is 0 Å². The molecule has 0 bridgehead atoms. The van der Waals surface area contributed by atoms with Crippen molar-refractivity contribution in [2.24, 2.45) is 0 Å². The van der Waals surface area contributed by atoms with E-state index < -0.39 is 16.0 Å². The van der Waals surface area contributed by atoms with Crippen LogP contribution < -0.4 is 4.72 Å². The van der Waals surface area contributed by atoms with Crippen LogP contribution >= 0.6 is 15.9 Å². The second-order valence-electron chi connectivity index (χ2n) is 4.28. The first-order valence-electron chi connectivity index (χ1n) is 5.96. The highest BCUT2D eigenvalue weighted by molar-refractivity contribution is 9.10. The van der Waals surface area contributed by atoms with Gasteiger partial charge in [-0.3, -0.25) is 0 Å². The summed E-state index contributed by atoms with van der Waals surface area (Å²) in [4.78, 5) is 10.8. The second-order valence-corrected chi connectivity index (χ2v) is 6.97. The summed E-state index contributed by atoms with van der Waals surface area (Å²) in [7, 11) is -3.67. The van der Waals surface area contributed by atoms with Gasteiger partial charge in [-0.25, -0.2) is 17.9 Å². The summed E-state index contributed by atoms with van der Waals surface area (Å²) in [6.07, 6.45) is 0. The Labute approximate surface area is 130 Å². The van der Waals surface area contributed by atoms with Crippen molar-refractivity contribution in [3.05, 3.63) is 64.1 Å². The van der Waals surface area contributed by atoms with Crippen molar-refractivity contribution in [1.29, 1.82) is 0 Å². The van der Waals surface area contributed by atoms with Crippen molar-refractivity contribution in [2.75, 3.05) is 0 Å². The number of halogens is 1. The second kappa shape index (κ2) is 6.38. The summed E-state index contributed by atoms with van der Waals surface area (Å²) in [6, 6.07) is 12.3. The number of aromatic carboxylic acids is 1. The zero-order valence-corrected chi connectivity index (χ0v) is 13.2. The molecule has 0 atom stereocenters. The Balaban J connectivity index is 2.13. The molecule has 0 saturated carbocycles. The number of rotatable bonds is 5. The van der Waals surface area contributed by atoms with Gasteiger partial charge in [-0.15, -0.1) is 0 Å². The van der Waals surface area contributed by atoms with E-state index in [4.69, 9.17) is 5.11 Å². The van der Waals surface area contributed by atoms with Crippen LogP contribution in [0.1, 0.15) is 15.9 Å². The van der Waals surface area contributed by atoms with Crippen molar-refractivity contribution >= 4 is 31.9 Å². The van der Waals surface area contributed by atoms with Gasteiger partial charge < -0.3 is 5.11 Å². The minimum Gasteiger partial charge on any atom is -0.478 e. The van der Waals surface area contributed by atoms with Crippen LogP contribution in [-0.4, -0.2) is 19.5 Å². The summed E-state index contributed by atoms with van der Waals surface area (Å²) < 4.78 is 27.5. The third-order valence-corrected chi connectivity index (χ3v) is 4.68. The number of nitrogens with one attached hydrogen (secondary N) is 1. The normalized spacial score (nSPS) is 11.3. The number of carbonyl (C=O) groups is 1. The number of carboxylic acid groups (broad SMARTS) is 1. The first-order valence-corrected chi connectivity index (χ1v) is 8.23. The molecule has 0 aromatic heterocycles. The average Bonchev–Trinajstić information content (AvgIpc) is 2.45. The third kappa shape index (κ3) is 4.13. The van der Waals surface area contributed by atoms with Gasteiger partial charge >= 0.3 is 5.97 Å². The van der Waals surface area contributed by atoms with Gasteiger partial charge in [0.25, 0.3) is 0 Å². The molecule has 0 fully saturated rings. The fourth-order valence-electron chi connectivity index (χ4n) is 1.69. The highest BCUT2D eigenvalue weighted by Crippen LogP contribution is 2.14. The number of carboxylic acids is 1. The van der Waals surface area contributed by atoms with Crippen LogP contribution in [0.2, 0.25) is 0 Å². The third-order valence-electron chi connectivity index (χ3n) is 2.77. The summed E-state index contributed by atoms with van der Waals surface area (Å²) in [5.74, 6) is -1.10. The van der Waals surface area contributed by atoms with Crippen LogP contribution in [0.3, 0.4) is 0 Å². The lowest BCUT2D eigenvalue weighted by Gasteiger charge is -2.07. The maximum absolute atomic E-state index is 12.1. The van der Waals surface area contributed by atoms with Gasteiger partial charge in [0, 0.05) is 11.0 Å². The Morgan fingerprint density at radius 2 is 1.81 bits per heavy atom. The van der Waals surface area contributed by atoms with Gasteiger partial charge in [-0.05, 0) is 42.0 Å². The molecule has 0 radical (unpaired) electrons. The zero-order chi connectivity index (χ0) is 15.5. The van der Waals surface area contributed by atoms with Gasteiger partial charge in [0.15, 0.2) is 0 Å². The molecular formula is C14H12BrNO4S. The molecule has 2 aromatic carbocycles. The molecule has 7 heteroatoms. The van der Waals surface area contributed by atoms with Crippen molar-refractivity contribution in [2.45, 2.75) is 11.4 Å². The zero-order valence-electron chi connectivity index (χ0n) is 10.8. The minimum atomic E-state index is -3.67. The first kappa shape index (κ1) is 15.7. The van der Waals surface area contributed by atoms with Crippen LogP contribution in [0, 0.1) is 0 Å². The van der Waals surface area contributed by atoms with Crippen LogP contribution in [-0.2, 0) is 16.6 Å². The minimum absolute atomic E-state index is 0.0301. The molecule has 0 aliphatic carbocycles. The molecule has 0 aliphatic rings. The Bertz CT molecular complexity index is 757. The molecule has 110 valence electrons. The lowest BCUT2D eigenvalue weighted by Crippen LogP contribution is -2.23. The molecule has 5 nitrogen and oxygen atoms in total. The summed E-state index contributed by atoms with van der Waals surface area (Å²) in [5, 5.41) is 8.79. The molecule has 0 spiro atoms. The van der Waals surface area contributed by atoms with Crippen molar-refractivity contribution in [3.8, 4) is 0 Å². The average molecular weight is 370 g/mol. The fourth-order valence-corrected chi connectivity index (χ4v) is 3.15. The maximum atomic E-state index is 12.1. The molecular weight excluding hydrogens is 358 g/mol. The van der Waals surface area contributed by atoms with E-state index in [2.05, 4.69) is 20.7 Å². The molecule has 21 heavy (non-hydrogen) atoms. The van der Waals surface area contributed by atoms with Crippen LogP contribution in [0.25, 0.3) is 0 Å². The lowest BCUT2D eigenvalue weighted by molar-refractivity contribution is 0.0696. The van der Waals surface area contributed by atoms with Crippen LogP contribution in [0.15, 0.2) is 57.9 Å². The smallest absolute Gasteiger partial charge is 0.335 e. The van der Waals surface area contributed by atoms with Crippen molar-refractivity contribution in [1.82, 2.24) is 4.72 Å². The standard InChI is InChI=1S/C14H12BrNO4S/c15-12-3-1-2-10(8-12)9-16-21(19,20)13-6-4-11(5-7-13)14(17)18/h1-8,16H,9H2,(H,17,18). The van der Waals surface area contributed by atoms with Gasteiger partial charge in [-0.2, -0.15) is 0 Å². The Kier molecular flexibility index (Phi) is 4.76. The summed E-state index contributed by atoms with van der Waals surface area (Å²) in [6.45, 7) is 0.155. The fraction of sp³-hybridized carbons (Fsp3) is 0.0714. The summed E-state index contributed by atoms with van der Waals surface area (Å²) in [5.41, 5.74) is 0.857. The monoisotopic (exact) mass is 369 g/mol. The molecule has 2 rings (SSSR count). The van der Waals surface area contributed by atoms with Gasteiger partial charge in [0.05, 0.1) is 10.5 Å². The molecule has 0 amide bonds. The highest BCUT2D eigenvalue weighted by Gasteiger charge is 2.14. The Hall–Kier alpha value is -1.70. The predicted molar refractivity (Wildman–Crippen MR) is 81.6 cm³/mol. The van der Waals surface area contributed by atoms with E-state index in [1.54, 1.807) is 6.07 Å². The van der Waals surface area contributed by atoms with Gasteiger partial charge in [0.1, 0.15) is 0 Å². The summed E-state index contributed by atoms with van der Waals surface area (Å²) >= 11 is 3.32. The molecule has 2 N–H and O–H groups in total. The maximum Gasteiger partial charge on any atom is 0.335 e. The van der Waals surface area contributed by atoms with E-state index in [9.17, 15) is 13.2 Å². The van der Waals surface area contributed by atoms with Crippen LogP contribution in [0.5, 0.6) is 0 Å². The Morgan fingerprint density at radius 3 is 2.38 bits per heavy atom. The number of hydrogen-bond donors (Lipinski definition) is 2. The molecule has 0 aliphatic heterocycles. The molecule has 0 heterocycles. The van der Waals surface area contributed by atoms with E-state index in [-0.39, 0.29) is 17.0 Å². The van der Waals surface area contributed by atoms with E-state index in [1.807, 2.05) is 18.2 Å². The Morgan fingerprint density at radius 1 is 1.14 bits per heavy atom. The van der Waals surface area contributed by atoms with Gasteiger partial charge in [-0.1, -0.05) is 28.1 Å². The van der Waals surface area contributed by atoms with E-state index >= 15 is 0 Å². The van der Waals surface area contributed by atoms with Gasteiger partial charge in [0.2, 0.25) is 10.0 Å². The molecule has 2 aromatic rings. The molecule has 0 saturated heterocycles. The number of benzene rings is 2. The largest absolute Gasteiger partial charge is 0.478 e. The topological polar surface area (TPSA) is 83.5 Å². The number of sulfonamides is 1.